The van der Waals surface area contributed by atoms with E-state index in [2.05, 4.69) is 11.8 Å². The summed E-state index contributed by atoms with van der Waals surface area (Å²) >= 11 is 6.33. The van der Waals surface area contributed by atoms with Crippen LogP contribution in [0.3, 0.4) is 0 Å². The molecular formula is C17H26ClNO3. The summed E-state index contributed by atoms with van der Waals surface area (Å²) in [6.45, 7) is 7.60. The molecule has 1 N–H and O–H groups in total. The number of aliphatic hydroxyl groups excluding tert-OH is 1. The maximum Gasteiger partial charge on any atom is 0.179 e. The molecule has 1 fully saturated rings. The number of hydrogen-bond donors (Lipinski definition) is 1. The Labute approximate surface area is 138 Å². The fourth-order valence-electron chi connectivity index (χ4n) is 3.10. The van der Waals surface area contributed by atoms with Gasteiger partial charge in [-0.1, -0.05) is 18.5 Å². The van der Waals surface area contributed by atoms with Crippen LogP contribution < -0.4 is 9.47 Å². The van der Waals surface area contributed by atoms with Gasteiger partial charge in [-0.3, -0.25) is 4.90 Å². The van der Waals surface area contributed by atoms with Gasteiger partial charge in [-0.15, -0.1) is 0 Å². The van der Waals surface area contributed by atoms with Crippen LogP contribution in [0.2, 0.25) is 5.02 Å². The molecule has 1 unspecified atom stereocenters. The molecule has 0 radical (unpaired) electrons. The number of aliphatic hydroxyl groups is 1. The molecule has 4 nitrogen and oxygen atoms in total. The Balaban J connectivity index is 2.14. The van der Waals surface area contributed by atoms with Crippen LogP contribution in [0.5, 0.6) is 11.5 Å². The summed E-state index contributed by atoms with van der Waals surface area (Å²) in [5.74, 6) is 1.28. The minimum absolute atomic E-state index is 0.00259. The largest absolute Gasteiger partial charge is 0.493 e. The topological polar surface area (TPSA) is 41.9 Å². The van der Waals surface area contributed by atoms with Crippen LogP contribution in [0, 0.1) is 5.41 Å². The normalized spacial score (nSPS) is 22.6. The quantitative estimate of drug-likeness (QED) is 0.870. The van der Waals surface area contributed by atoms with Gasteiger partial charge in [0.1, 0.15) is 0 Å². The number of benzene rings is 1. The Kier molecular flexibility index (Phi) is 5.95. The summed E-state index contributed by atoms with van der Waals surface area (Å²) in [5.41, 5.74) is 1.10. The zero-order chi connectivity index (χ0) is 16.2. The first-order valence-corrected chi connectivity index (χ1v) is 8.21. The monoisotopic (exact) mass is 327 g/mol. The lowest BCUT2D eigenvalue weighted by atomic mass is 9.82. The second-order valence-electron chi connectivity index (χ2n) is 6.33. The molecule has 1 aliphatic heterocycles. The third-order valence-corrected chi connectivity index (χ3v) is 4.51. The SMILES string of the molecule is CCOc1c(Cl)cc(CN2CCCC(C)(CO)C2)cc1OC. The summed E-state index contributed by atoms with van der Waals surface area (Å²) < 4.78 is 11.0. The summed E-state index contributed by atoms with van der Waals surface area (Å²) in [7, 11) is 1.63. The van der Waals surface area contributed by atoms with Gasteiger partial charge in [0.2, 0.25) is 0 Å². The molecule has 5 heteroatoms. The molecule has 1 atom stereocenters. The number of ether oxygens (including phenoxy) is 2. The van der Waals surface area contributed by atoms with Gasteiger partial charge in [-0.25, -0.2) is 0 Å². The van der Waals surface area contributed by atoms with E-state index in [0.717, 1.165) is 38.0 Å². The first-order valence-electron chi connectivity index (χ1n) is 7.84. The molecular weight excluding hydrogens is 302 g/mol. The van der Waals surface area contributed by atoms with Gasteiger partial charge in [-0.05, 0) is 44.0 Å². The molecule has 1 heterocycles. The second-order valence-corrected chi connectivity index (χ2v) is 6.73. The average molecular weight is 328 g/mol. The smallest absolute Gasteiger partial charge is 0.179 e. The second kappa shape index (κ2) is 7.53. The van der Waals surface area contributed by atoms with Gasteiger partial charge in [0.25, 0.3) is 0 Å². The highest BCUT2D eigenvalue weighted by Crippen LogP contribution is 2.37. The van der Waals surface area contributed by atoms with Crippen molar-refractivity contribution in [3.05, 3.63) is 22.7 Å². The van der Waals surface area contributed by atoms with Crippen LogP contribution in [0.25, 0.3) is 0 Å². The predicted octanol–water partition coefficient (Wildman–Crippen LogP) is 3.34. The predicted molar refractivity (Wildman–Crippen MR) is 88.9 cm³/mol. The molecule has 0 saturated carbocycles. The van der Waals surface area contributed by atoms with Crippen LogP contribution in [0.4, 0.5) is 0 Å². The number of nitrogens with zero attached hydrogens (tertiary/aromatic N) is 1. The lowest BCUT2D eigenvalue weighted by Crippen LogP contribution is -2.43. The number of piperidine rings is 1. The molecule has 0 aliphatic carbocycles. The van der Waals surface area contributed by atoms with E-state index in [1.54, 1.807) is 7.11 Å². The van der Waals surface area contributed by atoms with Gasteiger partial charge in [0.05, 0.1) is 18.7 Å². The first kappa shape index (κ1) is 17.4. The van der Waals surface area contributed by atoms with Crippen molar-refractivity contribution < 1.29 is 14.6 Å². The van der Waals surface area contributed by atoms with Crippen molar-refractivity contribution in [2.45, 2.75) is 33.2 Å². The molecule has 0 spiro atoms. The zero-order valence-corrected chi connectivity index (χ0v) is 14.4. The van der Waals surface area contributed by atoms with E-state index < -0.39 is 0 Å². The average Bonchev–Trinajstić information content (AvgIpc) is 2.50. The van der Waals surface area contributed by atoms with Crippen molar-refractivity contribution in [1.82, 2.24) is 4.90 Å². The molecule has 0 amide bonds. The summed E-state index contributed by atoms with van der Waals surface area (Å²) in [6.07, 6.45) is 2.19. The van der Waals surface area contributed by atoms with E-state index in [-0.39, 0.29) is 12.0 Å². The molecule has 1 aliphatic rings. The van der Waals surface area contributed by atoms with Crippen molar-refractivity contribution in [3.8, 4) is 11.5 Å². The summed E-state index contributed by atoms with van der Waals surface area (Å²) in [6, 6.07) is 3.93. The molecule has 2 rings (SSSR count). The number of likely N-dealkylation sites (tertiary alicyclic amines) is 1. The maximum absolute atomic E-state index is 9.57. The van der Waals surface area contributed by atoms with E-state index in [9.17, 15) is 5.11 Å². The Morgan fingerprint density at radius 2 is 2.18 bits per heavy atom. The minimum Gasteiger partial charge on any atom is -0.493 e. The van der Waals surface area contributed by atoms with Gasteiger partial charge in [-0.2, -0.15) is 0 Å². The molecule has 124 valence electrons. The summed E-state index contributed by atoms with van der Waals surface area (Å²) in [5, 5.41) is 10.2. The lowest BCUT2D eigenvalue weighted by Gasteiger charge is -2.39. The number of rotatable bonds is 6. The standard InChI is InChI=1S/C17H26ClNO3/c1-4-22-16-14(18)8-13(9-15(16)21-3)10-19-7-5-6-17(2,11-19)12-20/h8-9,20H,4-7,10-12H2,1-3H3. The Bertz CT molecular complexity index is 509. The number of methoxy groups -OCH3 is 1. The van der Waals surface area contributed by atoms with Crippen LogP contribution >= 0.6 is 11.6 Å². The van der Waals surface area contributed by atoms with Crippen LogP contribution in [0.15, 0.2) is 12.1 Å². The van der Waals surface area contributed by atoms with Crippen molar-refractivity contribution in [3.63, 3.8) is 0 Å². The number of hydrogen-bond acceptors (Lipinski definition) is 4. The van der Waals surface area contributed by atoms with E-state index in [4.69, 9.17) is 21.1 Å². The minimum atomic E-state index is -0.00259. The summed E-state index contributed by atoms with van der Waals surface area (Å²) in [4.78, 5) is 2.37. The van der Waals surface area contributed by atoms with Crippen LogP contribution in [0.1, 0.15) is 32.3 Å². The van der Waals surface area contributed by atoms with E-state index >= 15 is 0 Å². The molecule has 1 aromatic carbocycles. The molecule has 1 saturated heterocycles. The molecule has 0 bridgehead atoms. The van der Waals surface area contributed by atoms with Gasteiger partial charge in [0.15, 0.2) is 11.5 Å². The van der Waals surface area contributed by atoms with Crippen LogP contribution in [-0.2, 0) is 6.54 Å². The Morgan fingerprint density at radius 1 is 1.41 bits per heavy atom. The van der Waals surface area contributed by atoms with Gasteiger partial charge in [0, 0.05) is 25.1 Å². The third kappa shape index (κ3) is 4.06. The fraction of sp³-hybridized carbons (Fsp3) is 0.647. The van der Waals surface area contributed by atoms with Crippen LogP contribution in [-0.4, -0.2) is 43.4 Å². The van der Waals surface area contributed by atoms with E-state index in [1.165, 1.54) is 0 Å². The zero-order valence-electron chi connectivity index (χ0n) is 13.7. The van der Waals surface area contributed by atoms with Gasteiger partial charge < -0.3 is 14.6 Å². The van der Waals surface area contributed by atoms with Crippen molar-refractivity contribution in [1.29, 1.82) is 0 Å². The van der Waals surface area contributed by atoms with Gasteiger partial charge >= 0.3 is 0 Å². The van der Waals surface area contributed by atoms with E-state index in [0.29, 0.717) is 23.1 Å². The highest BCUT2D eigenvalue weighted by Gasteiger charge is 2.30. The fourth-order valence-corrected chi connectivity index (χ4v) is 3.39. The molecule has 1 aromatic rings. The number of halogens is 1. The van der Waals surface area contributed by atoms with Crippen molar-refractivity contribution in [2.24, 2.45) is 5.41 Å². The third-order valence-electron chi connectivity index (χ3n) is 4.23. The van der Waals surface area contributed by atoms with Crippen molar-refractivity contribution in [2.75, 3.05) is 33.4 Å². The molecule has 0 aromatic heterocycles. The Hall–Kier alpha value is -0.970. The lowest BCUT2D eigenvalue weighted by molar-refractivity contribution is 0.0429. The maximum atomic E-state index is 9.57. The highest BCUT2D eigenvalue weighted by molar-refractivity contribution is 6.32. The van der Waals surface area contributed by atoms with Crippen molar-refractivity contribution >= 4 is 11.6 Å². The molecule has 22 heavy (non-hydrogen) atoms. The highest BCUT2D eigenvalue weighted by atomic mass is 35.5. The first-order chi connectivity index (χ1) is 10.5. The van der Waals surface area contributed by atoms with E-state index in [1.807, 2.05) is 19.1 Å². The Morgan fingerprint density at radius 3 is 2.82 bits per heavy atom.